The van der Waals surface area contributed by atoms with E-state index in [2.05, 4.69) is 4.98 Å². The molecule has 156 valence electrons. The maximum atomic E-state index is 13.4. The number of rotatable bonds is 5. The molecule has 4 rings (SSSR count). The molecule has 1 aromatic heterocycles. The molecule has 0 radical (unpaired) electrons. The fraction of sp³-hybridized carbons (Fsp3) is 0.273. The van der Waals surface area contributed by atoms with Crippen LogP contribution in [0.25, 0.3) is 0 Å². The Bertz CT molecular complexity index is 1150. The normalized spacial score (nSPS) is 16.8. The summed E-state index contributed by atoms with van der Waals surface area (Å²) in [6.07, 6.45) is 1.88. The third-order valence-electron chi connectivity index (χ3n) is 5.37. The number of hydrogen-bond donors (Lipinski definition) is 0. The van der Waals surface area contributed by atoms with E-state index in [1.165, 1.54) is 11.4 Å². The van der Waals surface area contributed by atoms with Crippen LogP contribution < -0.4 is 0 Å². The van der Waals surface area contributed by atoms with Crippen molar-refractivity contribution in [2.45, 2.75) is 37.4 Å². The van der Waals surface area contributed by atoms with Crippen molar-refractivity contribution >= 4 is 16.0 Å². The molecule has 0 unspecified atom stereocenters. The van der Waals surface area contributed by atoms with Crippen molar-refractivity contribution in [3.63, 3.8) is 0 Å². The molecule has 1 aliphatic heterocycles. The molecule has 0 fully saturated rings. The third-order valence-corrected chi connectivity index (χ3v) is 7.24. The van der Waals surface area contributed by atoms with Crippen LogP contribution >= 0.6 is 0 Å². The van der Waals surface area contributed by atoms with Crippen molar-refractivity contribution < 1.29 is 17.9 Å². The highest BCUT2D eigenvalue weighted by atomic mass is 32.2. The quantitative estimate of drug-likeness (QED) is 0.587. The minimum absolute atomic E-state index is 0.0537. The van der Waals surface area contributed by atoms with Crippen molar-refractivity contribution in [3.8, 4) is 0 Å². The first-order valence-electron chi connectivity index (χ1n) is 9.63. The first-order valence-corrected chi connectivity index (χ1v) is 11.1. The number of fused-ring (bicyclic) bond motifs is 1. The molecule has 3 aromatic rings. The summed E-state index contributed by atoms with van der Waals surface area (Å²) >= 11 is 0. The number of imidazole rings is 1. The van der Waals surface area contributed by atoms with Gasteiger partial charge in [0.2, 0.25) is 10.0 Å². The lowest BCUT2D eigenvalue weighted by Crippen LogP contribution is -2.49. The number of hydrogen-bond acceptors (Lipinski definition) is 5. The van der Waals surface area contributed by atoms with Gasteiger partial charge in [0, 0.05) is 13.0 Å². The van der Waals surface area contributed by atoms with Crippen LogP contribution in [0.2, 0.25) is 0 Å². The van der Waals surface area contributed by atoms with Crippen molar-refractivity contribution in [3.05, 3.63) is 83.4 Å². The van der Waals surface area contributed by atoms with Gasteiger partial charge in [0.25, 0.3) is 0 Å². The second-order valence-corrected chi connectivity index (χ2v) is 9.25. The predicted octanol–water partition coefficient (Wildman–Crippen LogP) is 2.53. The Morgan fingerprint density at radius 1 is 1.13 bits per heavy atom. The van der Waals surface area contributed by atoms with Gasteiger partial charge in [-0.2, -0.15) is 4.31 Å². The van der Waals surface area contributed by atoms with E-state index in [1.807, 2.05) is 41.8 Å². The number of aromatic nitrogens is 2. The number of nitrogens with zero attached hydrogens (tertiary/aromatic N) is 3. The summed E-state index contributed by atoms with van der Waals surface area (Å²) in [7, 11) is -2.64. The SMILES string of the molecule is COC(=O)[C@@H]1Cc2ncn(Cc3ccccc3)c2CN1S(=O)(=O)c1ccc(C)cc1. The fourth-order valence-corrected chi connectivity index (χ4v) is 5.23. The Hall–Kier alpha value is -2.97. The summed E-state index contributed by atoms with van der Waals surface area (Å²) in [5, 5.41) is 0. The number of esters is 1. The van der Waals surface area contributed by atoms with Gasteiger partial charge in [0.1, 0.15) is 6.04 Å². The molecule has 7 nitrogen and oxygen atoms in total. The van der Waals surface area contributed by atoms with E-state index in [0.29, 0.717) is 6.54 Å². The molecule has 0 saturated heterocycles. The van der Waals surface area contributed by atoms with Gasteiger partial charge in [-0.05, 0) is 24.6 Å². The number of sulfonamides is 1. The monoisotopic (exact) mass is 425 g/mol. The highest BCUT2D eigenvalue weighted by molar-refractivity contribution is 7.89. The summed E-state index contributed by atoms with van der Waals surface area (Å²) in [4.78, 5) is 17.1. The molecule has 0 saturated carbocycles. The lowest BCUT2D eigenvalue weighted by atomic mass is 10.1. The molecule has 2 heterocycles. The zero-order valence-electron chi connectivity index (χ0n) is 16.9. The van der Waals surface area contributed by atoms with Crippen molar-refractivity contribution in [2.24, 2.45) is 0 Å². The van der Waals surface area contributed by atoms with Crippen LogP contribution in [0.5, 0.6) is 0 Å². The average molecular weight is 426 g/mol. The zero-order valence-corrected chi connectivity index (χ0v) is 17.7. The van der Waals surface area contributed by atoms with E-state index >= 15 is 0 Å². The average Bonchev–Trinajstić information content (AvgIpc) is 3.15. The van der Waals surface area contributed by atoms with Gasteiger partial charge in [-0.25, -0.2) is 13.4 Å². The number of methoxy groups -OCH3 is 1. The van der Waals surface area contributed by atoms with Gasteiger partial charge in [0.05, 0.1) is 36.3 Å². The minimum Gasteiger partial charge on any atom is -0.468 e. The highest BCUT2D eigenvalue weighted by Gasteiger charge is 2.42. The van der Waals surface area contributed by atoms with Gasteiger partial charge in [0.15, 0.2) is 0 Å². The summed E-state index contributed by atoms with van der Waals surface area (Å²) in [5.41, 5.74) is 3.55. The molecule has 0 spiro atoms. The minimum atomic E-state index is -3.90. The van der Waals surface area contributed by atoms with E-state index in [1.54, 1.807) is 30.6 Å². The Balaban J connectivity index is 1.73. The van der Waals surface area contributed by atoms with Crippen LogP contribution in [0, 0.1) is 6.92 Å². The number of carbonyl (C=O) groups is 1. The van der Waals surface area contributed by atoms with Crippen LogP contribution in [0.15, 0.2) is 65.8 Å². The molecule has 0 N–H and O–H groups in total. The van der Waals surface area contributed by atoms with Gasteiger partial charge >= 0.3 is 5.97 Å². The number of aryl methyl sites for hydroxylation is 1. The standard InChI is InChI=1S/C22H23N3O4S/c1-16-8-10-18(11-9-16)30(27,28)25-14-21-19(12-20(25)22(26)29-2)23-15-24(21)13-17-6-4-3-5-7-17/h3-11,15,20H,12-14H2,1-2H3/t20-/m0/s1. The smallest absolute Gasteiger partial charge is 0.324 e. The van der Waals surface area contributed by atoms with Crippen LogP contribution in [0.3, 0.4) is 0 Å². The first kappa shape index (κ1) is 20.3. The maximum Gasteiger partial charge on any atom is 0.324 e. The third kappa shape index (κ3) is 3.76. The Morgan fingerprint density at radius 2 is 1.83 bits per heavy atom. The second-order valence-electron chi connectivity index (χ2n) is 7.36. The van der Waals surface area contributed by atoms with E-state index in [-0.39, 0.29) is 17.9 Å². The van der Waals surface area contributed by atoms with Crippen molar-refractivity contribution in [2.75, 3.05) is 7.11 Å². The Morgan fingerprint density at radius 3 is 2.50 bits per heavy atom. The van der Waals surface area contributed by atoms with Gasteiger partial charge < -0.3 is 9.30 Å². The molecule has 2 aromatic carbocycles. The molecular weight excluding hydrogens is 402 g/mol. The lowest BCUT2D eigenvalue weighted by molar-refractivity contribution is -0.145. The molecule has 8 heteroatoms. The number of carbonyl (C=O) groups excluding carboxylic acids is 1. The lowest BCUT2D eigenvalue weighted by Gasteiger charge is -2.33. The summed E-state index contributed by atoms with van der Waals surface area (Å²) in [6, 6.07) is 15.6. The molecule has 1 aliphatic rings. The fourth-order valence-electron chi connectivity index (χ4n) is 3.70. The molecule has 0 bridgehead atoms. The largest absolute Gasteiger partial charge is 0.468 e. The van der Waals surface area contributed by atoms with Crippen molar-refractivity contribution in [1.82, 2.24) is 13.9 Å². The van der Waals surface area contributed by atoms with E-state index in [0.717, 1.165) is 22.5 Å². The highest BCUT2D eigenvalue weighted by Crippen LogP contribution is 2.29. The Kier molecular flexibility index (Phi) is 5.44. The second kappa shape index (κ2) is 8.04. The van der Waals surface area contributed by atoms with Gasteiger partial charge in [-0.3, -0.25) is 4.79 Å². The number of ether oxygens (including phenoxy) is 1. The summed E-state index contributed by atoms with van der Waals surface area (Å²) in [6.45, 7) is 2.52. The Labute approximate surface area is 176 Å². The van der Waals surface area contributed by atoms with Crippen LogP contribution in [0.1, 0.15) is 22.5 Å². The molecule has 0 aliphatic carbocycles. The zero-order chi connectivity index (χ0) is 21.3. The van der Waals surface area contributed by atoms with Crippen molar-refractivity contribution in [1.29, 1.82) is 0 Å². The molecule has 1 atom stereocenters. The summed E-state index contributed by atoms with van der Waals surface area (Å²) in [5.74, 6) is -0.589. The summed E-state index contributed by atoms with van der Waals surface area (Å²) < 4.78 is 34.9. The molecular formula is C22H23N3O4S. The molecule has 30 heavy (non-hydrogen) atoms. The van der Waals surface area contributed by atoms with Gasteiger partial charge in [-0.15, -0.1) is 0 Å². The van der Waals surface area contributed by atoms with E-state index in [9.17, 15) is 13.2 Å². The topological polar surface area (TPSA) is 81.5 Å². The predicted molar refractivity (Wildman–Crippen MR) is 111 cm³/mol. The van der Waals surface area contributed by atoms with Crippen LogP contribution in [-0.2, 0) is 39.1 Å². The van der Waals surface area contributed by atoms with Crippen LogP contribution in [0.4, 0.5) is 0 Å². The first-order chi connectivity index (χ1) is 14.4. The molecule has 0 amide bonds. The van der Waals surface area contributed by atoms with Crippen LogP contribution in [-0.4, -0.2) is 41.4 Å². The van der Waals surface area contributed by atoms with E-state index in [4.69, 9.17) is 4.74 Å². The van der Waals surface area contributed by atoms with Gasteiger partial charge in [-0.1, -0.05) is 48.0 Å². The maximum absolute atomic E-state index is 13.4. The number of benzene rings is 2. The van der Waals surface area contributed by atoms with E-state index < -0.39 is 22.0 Å².